The minimum Gasteiger partial charge on any atom is -0.391 e. The van der Waals surface area contributed by atoms with Gasteiger partial charge in [0, 0.05) is 22.6 Å². The third kappa shape index (κ3) is 7.94. The van der Waals surface area contributed by atoms with Gasteiger partial charge < -0.3 is 10.4 Å². The van der Waals surface area contributed by atoms with Gasteiger partial charge in [-0.15, -0.1) is 0 Å². The van der Waals surface area contributed by atoms with E-state index in [1.807, 2.05) is 13.8 Å². The highest BCUT2D eigenvalue weighted by molar-refractivity contribution is 7.85. The van der Waals surface area contributed by atoms with E-state index >= 15 is 0 Å². The van der Waals surface area contributed by atoms with E-state index in [0.29, 0.717) is 18.2 Å². The fourth-order valence-corrected chi connectivity index (χ4v) is 2.33. The molecule has 4 heteroatoms. The molecule has 3 atom stereocenters. The largest absolute Gasteiger partial charge is 0.391 e. The van der Waals surface area contributed by atoms with Crippen LogP contribution in [0.4, 0.5) is 0 Å². The van der Waals surface area contributed by atoms with Gasteiger partial charge in [0.05, 0.1) is 11.9 Å². The highest BCUT2D eigenvalue weighted by Gasteiger charge is 2.13. The smallest absolute Gasteiger partial charge is 0.0779 e. The summed E-state index contributed by atoms with van der Waals surface area (Å²) < 4.78 is 11.6. The summed E-state index contributed by atoms with van der Waals surface area (Å²) in [5, 5.41) is 13.0. The summed E-state index contributed by atoms with van der Waals surface area (Å²) in [4.78, 5) is 0. The Hall–Kier alpha value is 0.0700. The number of rotatable bonds is 8. The van der Waals surface area contributed by atoms with Crippen LogP contribution in [0.3, 0.4) is 0 Å². The zero-order valence-electron chi connectivity index (χ0n) is 10.3. The Bertz CT molecular complexity index is 185. The average Bonchev–Trinajstić information content (AvgIpc) is 2.15. The predicted molar refractivity (Wildman–Crippen MR) is 66.5 cm³/mol. The van der Waals surface area contributed by atoms with E-state index in [2.05, 4.69) is 19.2 Å². The molecule has 0 saturated heterocycles. The number of hydrogen-bond donors (Lipinski definition) is 2. The van der Waals surface area contributed by atoms with E-state index in [4.69, 9.17) is 0 Å². The van der Waals surface area contributed by atoms with Gasteiger partial charge in [-0.1, -0.05) is 27.7 Å². The maximum Gasteiger partial charge on any atom is 0.0779 e. The van der Waals surface area contributed by atoms with Crippen molar-refractivity contribution in [1.82, 2.24) is 5.32 Å². The quantitative estimate of drug-likeness (QED) is 0.663. The van der Waals surface area contributed by atoms with Crippen LogP contribution in [-0.2, 0) is 10.8 Å². The molecule has 0 radical (unpaired) electrons. The number of nitrogens with one attached hydrogen (secondary N) is 1. The van der Waals surface area contributed by atoms with E-state index in [1.54, 1.807) is 0 Å². The van der Waals surface area contributed by atoms with E-state index in [9.17, 15) is 9.32 Å². The first-order valence-electron chi connectivity index (χ1n) is 5.73. The number of aliphatic hydroxyl groups excluding tert-OH is 1. The molecule has 92 valence electrons. The Labute approximate surface area is 96.1 Å². The molecule has 3 nitrogen and oxygen atoms in total. The first kappa shape index (κ1) is 15.1. The lowest BCUT2D eigenvalue weighted by molar-refractivity contribution is 0.193. The molecular formula is C11H25NO2S. The second-order valence-corrected chi connectivity index (χ2v) is 6.37. The van der Waals surface area contributed by atoms with Crippen LogP contribution in [0.25, 0.3) is 0 Å². The third-order valence-corrected chi connectivity index (χ3v) is 4.26. The summed E-state index contributed by atoms with van der Waals surface area (Å²) in [5.41, 5.74) is 0. The zero-order chi connectivity index (χ0) is 11.8. The summed E-state index contributed by atoms with van der Waals surface area (Å²) in [6.07, 6.45) is 0.414. The van der Waals surface area contributed by atoms with Crippen LogP contribution in [0.15, 0.2) is 0 Å². The monoisotopic (exact) mass is 235 g/mol. The van der Waals surface area contributed by atoms with Crippen molar-refractivity contribution in [3.05, 3.63) is 0 Å². The van der Waals surface area contributed by atoms with Crippen LogP contribution in [0, 0.1) is 5.92 Å². The molecule has 0 aromatic carbocycles. The Kier molecular flexibility index (Phi) is 8.29. The topological polar surface area (TPSA) is 49.3 Å². The molecule has 0 aliphatic carbocycles. The maximum absolute atomic E-state index is 11.6. The molecule has 0 amide bonds. The minimum absolute atomic E-state index is 0.185. The molecule has 0 saturated carbocycles. The molecule has 15 heavy (non-hydrogen) atoms. The van der Waals surface area contributed by atoms with E-state index < -0.39 is 16.9 Å². The van der Waals surface area contributed by atoms with Crippen molar-refractivity contribution in [3.63, 3.8) is 0 Å². The maximum atomic E-state index is 11.6. The summed E-state index contributed by atoms with van der Waals surface area (Å²) in [6.45, 7) is 9.66. The molecule has 0 rings (SSSR count). The van der Waals surface area contributed by atoms with Crippen molar-refractivity contribution in [1.29, 1.82) is 0 Å². The van der Waals surface area contributed by atoms with Gasteiger partial charge in [-0.25, -0.2) is 0 Å². The Balaban J connectivity index is 3.64. The van der Waals surface area contributed by atoms with E-state index in [1.165, 1.54) is 0 Å². The summed E-state index contributed by atoms with van der Waals surface area (Å²) in [5.74, 6) is 0.970. The first-order chi connectivity index (χ1) is 6.97. The van der Waals surface area contributed by atoms with Crippen LogP contribution in [0.5, 0.6) is 0 Å². The van der Waals surface area contributed by atoms with E-state index in [-0.39, 0.29) is 5.25 Å². The van der Waals surface area contributed by atoms with Gasteiger partial charge in [-0.3, -0.25) is 4.21 Å². The van der Waals surface area contributed by atoms with Crippen molar-refractivity contribution in [2.45, 2.75) is 45.5 Å². The van der Waals surface area contributed by atoms with Crippen LogP contribution in [-0.4, -0.2) is 39.5 Å². The highest BCUT2D eigenvalue weighted by atomic mass is 32.2. The van der Waals surface area contributed by atoms with Crippen LogP contribution in [0.2, 0.25) is 0 Å². The lowest BCUT2D eigenvalue weighted by Crippen LogP contribution is -2.34. The average molecular weight is 235 g/mol. The lowest BCUT2D eigenvalue weighted by atomic mass is 10.2. The molecule has 0 aromatic heterocycles. The Morgan fingerprint density at radius 2 is 1.87 bits per heavy atom. The fraction of sp³-hybridized carbons (Fsp3) is 1.00. The molecule has 0 bridgehead atoms. The van der Waals surface area contributed by atoms with Crippen LogP contribution in [0.1, 0.15) is 34.1 Å². The Morgan fingerprint density at radius 1 is 1.27 bits per heavy atom. The molecule has 3 unspecified atom stereocenters. The van der Waals surface area contributed by atoms with Gasteiger partial charge in [0.25, 0.3) is 0 Å². The normalized spacial score (nSPS) is 17.7. The van der Waals surface area contributed by atoms with Crippen molar-refractivity contribution < 1.29 is 9.32 Å². The van der Waals surface area contributed by atoms with Gasteiger partial charge in [-0.2, -0.15) is 0 Å². The fourth-order valence-electron chi connectivity index (χ4n) is 1.14. The molecule has 0 aromatic rings. The van der Waals surface area contributed by atoms with Gasteiger partial charge in [-0.05, 0) is 18.9 Å². The standard InChI is InChI=1S/C11H25NO2S/c1-5-10(4)15(14)8-11(13)7-12-6-9(2)3/h9-13H,5-8H2,1-4H3. The molecule has 0 aliphatic heterocycles. The second-order valence-electron chi connectivity index (χ2n) is 4.47. The molecule has 0 heterocycles. The predicted octanol–water partition coefficient (Wildman–Crippen LogP) is 1.14. The van der Waals surface area contributed by atoms with Crippen LogP contribution < -0.4 is 5.32 Å². The highest BCUT2D eigenvalue weighted by Crippen LogP contribution is 2.02. The Morgan fingerprint density at radius 3 is 2.33 bits per heavy atom. The summed E-state index contributed by atoms with van der Waals surface area (Å²) in [6, 6.07) is 0. The number of hydrogen-bond acceptors (Lipinski definition) is 3. The van der Waals surface area contributed by atoms with Crippen molar-refractivity contribution in [2.24, 2.45) is 5.92 Å². The van der Waals surface area contributed by atoms with Crippen molar-refractivity contribution in [2.75, 3.05) is 18.8 Å². The molecule has 0 aliphatic rings. The van der Waals surface area contributed by atoms with Crippen molar-refractivity contribution in [3.8, 4) is 0 Å². The molecule has 0 spiro atoms. The third-order valence-electron chi connectivity index (χ3n) is 2.31. The zero-order valence-corrected chi connectivity index (χ0v) is 11.1. The SMILES string of the molecule is CCC(C)S(=O)CC(O)CNCC(C)C. The number of aliphatic hydroxyl groups is 1. The molecule has 2 N–H and O–H groups in total. The first-order valence-corrected chi connectivity index (χ1v) is 7.11. The van der Waals surface area contributed by atoms with Crippen LogP contribution >= 0.6 is 0 Å². The molecular weight excluding hydrogens is 210 g/mol. The lowest BCUT2D eigenvalue weighted by Gasteiger charge is -2.15. The van der Waals surface area contributed by atoms with Crippen molar-refractivity contribution >= 4 is 10.8 Å². The van der Waals surface area contributed by atoms with E-state index in [0.717, 1.165) is 13.0 Å². The summed E-state index contributed by atoms with van der Waals surface area (Å²) >= 11 is 0. The van der Waals surface area contributed by atoms with Gasteiger partial charge in [0.1, 0.15) is 0 Å². The minimum atomic E-state index is -0.899. The molecule has 0 fully saturated rings. The second kappa shape index (κ2) is 8.25. The van der Waals surface area contributed by atoms with Gasteiger partial charge in [0.2, 0.25) is 0 Å². The van der Waals surface area contributed by atoms with Gasteiger partial charge in [0.15, 0.2) is 0 Å². The van der Waals surface area contributed by atoms with Gasteiger partial charge >= 0.3 is 0 Å². The summed E-state index contributed by atoms with van der Waals surface area (Å²) in [7, 11) is -0.899.